The van der Waals surface area contributed by atoms with Crippen molar-refractivity contribution >= 4 is 29.5 Å². The number of esters is 1. The molecule has 0 aromatic heterocycles. The third-order valence-electron chi connectivity index (χ3n) is 3.97. The molecule has 1 aromatic rings. The molecule has 1 atom stereocenters. The molecule has 1 heterocycles. The number of hydrogen-bond donors (Lipinski definition) is 1. The van der Waals surface area contributed by atoms with Crippen LogP contribution in [0.3, 0.4) is 0 Å². The van der Waals surface area contributed by atoms with Crippen molar-refractivity contribution in [1.29, 1.82) is 0 Å². The number of amides is 2. The number of likely N-dealkylation sites (N-methyl/N-ethyl adjacent to an activating group) is 2. The monoisotopic (exact) mass is 380 g/mol. The second-order valence-corrected chi connectivity index (χ2v) is 7.00. The molecular formula is C18H24N2O5S. The minimum atomic E-state index is -0.554. The lowest BCUT2D eigenvalue weighted by Crippen LogP contribution is -2.39. The number of rotatable bonds is 8. The van der Waals surface area contributed by atoms with Gasteiger partial charge in [0.05, 0.1) is 18.2 Å². The van der Waals surface area contributed by atoms with E-state index in [9.17, 15) is 14.4 Å². The van der Waals surface area contributed by atoms with Crippen LogP contribution in [0.15, 0.2) is 29.2 Å². The molecule has 2 amide bonds. The Labute approximate surface area is 157 Å². The second-order valence-electron chi connectivity index (χ2n) is 5.94. The molecule has 1 aromatic carbocycles. The van der Waals surface area contributed by atoms with Gasteiger partial charge in [-0.25, -0.2) is 4.79 Å². The van der Waals surface area contributed by atoms with Gasteiger partial charge >= 0.3 is 5.97 Å². The molecule has 7 nitrogen and oxygen atoms in total. The Kier molecular flexibility index (Phi) is 7.93. The largest absolute Gasteiger partial charge is 0.452 e. The quantitative estimate of drug-likeness (QED) is 0.541. The van der Waals surface area contributed by atoms with Gasteiger partial charge in [0.25, 0.3) is 5.91 Å². The van der Waals surface area contributed by atoms with Crippen LogP contribution in [0.2, 0.25) is 0 Å². The number of thioether (sulfide) groups is 1. The van der Waals surface area contributed by atoms with Gasteiger partial charge in [0, 0.05) is 31.4 Å². The summed E-state index contributed by atoms with van der Waals surface area (Å²) in [5.41, 5.74) is 0.428. The van der Waals surface area contributed by atoms with Crippen LogP contribution in [0.5, 0.6) is 0 Å². The van der Waals surface area contributed by atoms with E-state index in [4.69, 9.17) is 9.47 Å². The van der Waals surface area contributed by atoms with Crippen LogP contribution < -0.4 is 5.32 Å². The third kappa shape index (κ3) is 6.03. The lowest BCUT2D eigenvalue weighted by Gasteiger charge is -2.16. The number of carbonyl (C=O) groups excluding carboxylic acids is 3. The first-order valence-electron chi connectivity index (χ1n) is 8.46. The van der Waals surface area contributed by atoms with E-state index in [2.05, 4.69) is 5.32 Å². The maximum absolute atomic E-state index is 12.4. The minimum Gasteiger partial charge on any atom is -0.452 e. The molecule has 0 aliphatic carbocycles. The fourth-order valence-electron chi connectivity index (χ4n) is 2.42. The fourth-order valence-corrected chi connectivity index (χ4v) is 3.53. The van der Waals surface area contributed by atoms with E-state index in [0.29, 0.717) is 5.56 Å². The summed E-state index contributed by atoms with van der Waals surface area (Å²) >= 11 is 1.55. The predicted octanol–water partition coefficient (Wildman–Crippen LogP) is 1.32. The number of benzene rings is 1. The highest BCUT2D eigenvalue weighted by Crippen LogP contribution is 2.27. The molecule has 0 radical (unpaired) electrons. The molecule has 8 heteroatoms. The van der Waals surface area contributed by atoms with E-state index < -0.39 is 18.5 Å². The van der Waals surface area contributed by atoms with Gasteiger partial charge in [0.2, 0.25) is 5.91 Å². The molecule has 1 N–H and O–H groups in total. The standard InChI is InChI=1S/C18H24N2O5S/c1-19-16(21)10-20(2)17(22)11-25-18(23)14-7-3-4-8-15(14)26-12-13-6-5-9-24-13/h3-4,7-8,13H,5-6,9-12H2,1-2H3,(H,19,21)/t13-/m1/s1. The highest BCUT2D eigenvalue weighted by atomic mass is 32.2. The minimum absolute atomic E-state index is 0.0826. The maximum Gasteiger partial charge on any atom is 0.339 e. The van der Waals surface area contributed by atoms with E-state index in [1.165, 1.54) is 19.0 Å². The van der Waals surface area contributed by atoms with Crippen molar-refractivity contribution in [3.05, 3.63) is 29.8 Å². The Balaban J connectivity index is 1.88. The van der Waals surface area contributed by atoms with Gasteiger partial charge in [0.1, 0.15) is 0 Å². The summed E-state index contributed by atoms with van der Waals surface area (Å²) in [4.78, 5) is 37.6. The van der Waals surface area contributed by atoms with Gasteiger partial charge in [-0.3, -0.25) is 9.59 Å². The van der Waals surface area contributed by atoms with Crippen LogP contribution in [0.25, 0.3) is 0 Å². The molecule has 0 spiro atoms. The first-order chi connectivity index (χ1) is 12.5. The number of nitrogens with one attached hydrogen (secondary N) is 1. The normalized spacial score (nSPS) is 16.2. The Hall–Kier alpha value is -2.06. The van der Waals surface area contributed by atoms with Crippen LogP contribution in [-0.2, 0) is 19.1 Å². The molecular weight excluding hydrogens is 356 g/mol. The van der Waals surface area contributed by atoms with Crippen molar-refractivity contribution < 1.29 is 23.9 Å². The van der Waals surface area contributed by atoms with Gasteiger partial charge in [-0.2, -0.15) is 0 Å². The molecule has 0 bridgehead atoms. The molecule has 26 heavy (non-hydrogen) atoms. The molecule has 1 aliphatic rings. The number of ether oxygens (including phenoxy) is 2. The van der Waals surface area contributed by atoms with Crippen molar-refractivity contribution in [2.24, 2.45) is 0 Å². The highest BCUT2D eigenvalue weighted by Gasteiger charge is 2.20. The zero-order chi connectivity index (χ0) is 18.9. The van der Waals surface area contributed by atoms with Gasteiger partial charge < -0.3 is 19.7 Å². The zero-order valence-electron chi connectivity index (χ0n) is 15.0. The SMILES string of the molecule is CNC(=O)CN(C)C(=O)COC(=O)c1ccccc1SC[C@H]1CCCO1. The first-order valence-corrected chi connectivity index (χ1v) is 9.45. The van der Waals surface area contributed by atoms with Crippen molar-refractivity contribution in [2.45, 2.75) is 23.8 Å². The first kappa shape index (κ1) is 20.3. The van der Waals surface area contributed by atoms with E-state index in [-0.39, 0.29) is 18.6 Å². The summed E-state index contributed by atoms with van der Waals surface area (Å²) < 4.78 is 10.7. The molecule has 2 rings (SSSR count). The predicted molar refractivity (Wildman–Crippen MR) is 98.1 cm³/mol. The van der Waals surface area contributed by atoms with Crippen LogP contribution in [0.4, 0.5) is 0 Å². The fraction of sp³-hybridized carbons (Fsp3) is 0.500. The zero-order valence-corrected chi connectivity index (χ0v) is 15.8. The third-order valence-corrected chi connectivity index (χ3v) is 5.17. The second kappa shape index (κ2) is 10.2. The summed E-state index contributed by atoms with van der Waals surface area (Å²) in [6, 6.07) is 7.15. The molecule has 0 saturated carbocycles. The maximum atomic E-state index is 12.4. The summed E-state index contributed by atoms with van der Waals surface area (Å²) in [6.45, 7) is 0.304. The number of carbonyl (C=O) groups is 3. The van der Waals surface area contributed by atoms with E-state index in [1.807, 2.05) is 12.1 Å². The molecule has 1 saturated heterocycles. The molecule has 1 aliphatic heterocycles. The lowest BCUT2D eigenvalue weighted by molar-refractivity contribution is -0.137. The van der Waals surface area contributed by atoms with Crippen LogP contribution in [0.1, 0.15) is 23.2 Å². The Morgan fingerprint density at radius 1 is 1.35 bits per heavy atom. The van der Waals surface area contributed by atoms with Crippen molar-refractivity contribution in [3.8, 4) is 0 Å². The Bertz CT molecular complexity index is 646. The van der Waals surface area contributed by atoms with E-state index >= 15 is 0 Å². The average Bonchev–Trinajstić information content (AvgIpc) is 3.17. The van der Waals surface area contributed by atoms with Crippen LogP contribution in [-0.4, -0.2) is 68.4 Å². The van der Waals surface area contributed by atoms with E-state index in [1.54, 1.807) is 23.9 Å². The average molecular weight is 380 g/mol. The summed E-state index contributed by atoms with van der Waals surface area (Å²) in [5, 5.41) is 2.43. The van der Waals surface area contributed by atoms with Crippen LogP contribution >= 0.6 is 11.8 Å². The van der Waals surface area contributed by atoms with Crippen molar-refractivity contribution in [2.75, 3.05) is 39.6 Å². The van der Waals surface area contributed by atoms with Gasteiger partial charge in [0.15, 0.2) is 6.61 Å². The summed E-state index contributed by atoms with van der Waals surface area (Å²) in [6.07, 6.45) is 2.32. The van der Waals surface area contributed by atoms with Crippen LogP contribution in [0, 0.1) is 0 Å². The smallest absolute Gasteiger partial charge is 0.339 e. The van der Waals surface area contributed by atoms with Gasteiger partial charge in [-0.15, -0.1) is 11.8 Å². The van der Waals surface area contributed by atoms with Crippen molar-refractivity contribution in [1.82, 2.24) is 10.2 Å². The highest BCUT2D eigenvalue weighted by molar-refractivity contribution is 7.99. The Morgan fingerprint density at radius 2 is 2.12 bits per heavy atom. The molecule has 0 unspecified atom stereocenters. The summed E-state index contributed by atoms with van der Waals surface area (Å²) in [5.74, 6) is -0.505. The van der Waals surface area contributed by atoms with E-state index in [0.717, 1.165) is 30.1 Å². The van der Waals surface area contributed by atoms with Gasteiger partial charge in [-0.1, -0.05) is 12.1 Å². The number of nitrogens with zero attached hydrogens (tertiary/aromatic N) is 1. The number of hydrogen-bond acceptors (Lipinski definition) is 6. The lowest BCUT2D eigenvalue weighted by atomic mass is 10.2. The topological polar surface area (TPSA) is 84.9 Å². The molecule has 1 fully saturated rings. The molecule has 142 valence electrons. The Morgan fingerprint density at radius 3 is 2.81 bits per heavy atom. The van der Waals surface area contributed by atoms with Crippen molar-refractivity contribution in [3.63, 3.8) is 0 Å². The van der Waals surface area contributed by atoms with Gasteiger partial charge in [-0.05, 0) is 25.0 Å². The summed E-state index contributed by atoms with van der Waals surface area (Å²) in [7, 11) is 2.97.